The molecule has 0 radical (unpaired) electrons. The smallest absolute Gasteiger partial charge is 0.310 e. The number of carbonyl (C=O) groups is 1. The first-order valence-corrected chi connectivity index (χ1v) is 7.67. The Hall–Kier alpha value is -1.35. The second-order valence-corrected chi connectivity index (χ2v) is 5.56. The Morgan fingerprint density at radius 1 is 1.35 bits per heavy atom. The summed E-state index contributed by atoms with van der Waals surface area (Å²) in [6.45, 7) is 6.34. The lowest BCUT2D eigenvalue weighted by Crippen LogP contribution is -2.45. The third kappa shape index (κ3) is 3.83. The molecule has 1 aliphatic heterocycles. The van der Waals surface area contributed by atoms with Gasteiger partial charge in [-0.3, -0.25) is 9.69 Å². The molecule has 3 heteroatoms. The van der Waals surface area contributed by atoms with Crippen molar-refractivity contribution in [3.05, 3.63) is 35.9 Å². The van der Waals surface area contributed by atoms with Crippen molar-refractivity contribution in [3.8, 4) is 0 Å². The van der Waals surface area contributed by atoms with Crippen molar-refractivity contribution in [2.24, 2.45) is 5.92 Å². The van der Waals surface area contributed by atoms with Crippen LogP contribution >= 0.6 is 0 Å². The number of piperidine rings is 1. The summed E-state index contributed by atoms with van der Waals surface area (Å²) in [5, 5.41) is 0. The first kappa shape index (κ1) is 15.0. The van der Waals surface area contributed by atoms with Crippen molar-refractivity contribution in [1.82, 2.24) is 4.90 Å². The van der Waals surface area contributed by atoms with Crippen LogP contribution in [0.2, 0.25) is 0 Å². The van der Waals surface area contributed by atoms with E-state index >= 15 is 0 Å². The van der Waals surface area contributed by atoms with Crippen molar-refractivity contribution in [1.29, 1.82) is 0 Å². The molecule has 20 heavy (non-hydrogen) atoms. The molecule has 0 N–H and O–H groups in total. The Labute approximate surface area is 121 Å². The average Bonchev–Trinajstić information content (AvgIpc) is 2.48. The quantitative estimate of drug-likeness (QED) is 0.773. The lowest BCUT2D eigenvalue weighted by Gasteiger charge is -2.38. The Bertz CT molecular complexity index is 418. The maximum Gasteiger partial charge on any atom is 0.310 e. The van der Waals surface area contributed by atoms with E-state index in [2.05, 4.69) is 29.2 Å². The SMILES string of the molecule is CCOC(=O)[C@@H](C)[C@@H]1CCCCN1Cc1ccccc1. The van der Waals surface area contributed by atoms with Crippen LogP contribution in [0, 0.1) is 5.92 Å². The zero-order valence-corrected chi connectivity index (χ0v) is 12.5. The summed E-state index contributed by atoms with van der Waals surface area (Å²) in [6, 6.07) is 10.8. The number of ether oxygens (including phenoxy) is 1. The van der Waals surface area contributed by atoms with E-state index in [1.165, 1.54) is 18.4 Å². The lowest BCUT2D eigenvalue weighted by atomic mass is 9.91. The van der Waals surface area contributed by atoms with Crippen molar-refractivity contribution in [2.45, 2.75) is 45.7 Å². The second-order valence-electron chi connectivity index (χ2n) is 5.56. The van der Waals surface area contributed by atoms with Gasteiger partial charge in [0.05, 0.1) is 12.5 Å². The molecule has 0 unspecified atom stereocenters. The Morgan fingerprint density at radius 2 is 2.10 bits per heavy atom. The number of rotatable bonds is 5. The van der Waals surface area contributed by atoms with Crippen LogP contribution < -0.4 is 0 Å². The van der Waals surface area contributed by atoms with Gasteiger partial charge in [-0.15, -0.1) is 0 Å². The molecular weight excluding hydrogens is 250 g/mol. The number of hydrogen-bond donors (Lipinski definition) is 0. The highest BCUT2D eigenvalue weighted by Crippen LogP contribution is 2.25. The molecule has 0 aliphatic carbocycles. The van der Waals surface area contributed by atoms with Crippen LogP contribution in [0.5, 0.6) is 0 Å². The van der Waals surface area contributed by atoms with Gasteiger partial charge < -0.3 is 4.74 Å². The number of esters is 1. The molecule has 0 spiro atoms. The van der Waals surface area contributed by atoms with Gasteiger partial charge in [-0.2, -0.15) is 0 Å². The van der Waals surface area contributed by atoms with Gasteiger partial charge in [-0.05, 0) is 31.9 Å². The van der Waals surface area contributed by atoms with E-state index < -0.39 is 0 Å². The number of likely N-dealkylation sites (tertiary alicyclic amines) is 1. The number of nitrogens with zero attached hydrogens (tertiary/aromatic N) is 1. The fourth-order valence-corrected chi connectivity index (χ4v) is 3.03. The highest BCUT2D eigenvalue weighted by Gasteiger charge is 2.32. The first-order chi connectivity index (χ1) is 9.72. The van der Waals surface area contributed by atoms with Crippen LogP contribution in [-0.4, -0.2) is 30.1 Å². The fourth-order valence-electron chi connectivity index (χ4n) is 3.03. The van der Waals surface area contributed by atoms with Crippen LogP contribution in [0.4, 0.5) is 0 Å². The fraction of sp³-hybridized carbons (Fsp3) is 0.588. The molecule has 0 saturated carbocycles. The van der Waals surface area contributed by atoms with Crippen molar-refractivity contribution >= 4 is 5.97 Å². The molecule has 0 aromatic heterocycles. The zero-order valence-electron chi connectivity index (χ0n) is 12.5. The van der Waals surface area contributed by atoms with E-state index in [1.54, 1.807) is 0 Å². The Balaban J connectivity index is 2.03. The maximum absolute atomic E-state index is 12.0. The van der Waals surface area contributed by atoms with Crippen LogP contribution in [0.1, 0.15) is 38.7 Å². The van der Waals surface area contributed by atoms with Crippen LogP contribution in [0.25, 0.3) is 0 Å². The molecule has 110 valence electrons. The minimum atomic E-state index is -0.0579. The Morgan fingerprint density at radius 3 is 2.80 bits per heavy atom. The molecular formula is C17H25NO2. The maximum atomic E-state index is 12.0. The first-order valence-electron chi connectivity index (χ1n) is 7.67. The standard InChI is InChI=1S/C17H25NO2/c1-3-20-17(19)14(2)16-11-7-8-12-18(16)13-15-9-5-4-6-10-15/h4-6,9-10,14,16H,3,7-8,11-13H2,1-2H3/t14-,16-/m0/s1. The van der Waals surface area contributed by atoms with Crippen molar-refractivity contribution in [3.63, 3.8) is 0 Å². The number of hydrogen-bond acceptors (Lipinski definition) is 3. The van der Waals surface area contributed by atoms with E-state index in [-0.39, 0.29) is 11.9 Å². The van der Waals surface area contributed by atoms with Gasteiger partial charge in [-0.25, -0.2) is 0 Å². The van der Waals surface area contributed by atoms with Gasteiger partial charge in [0.2, 0.25) is 0 Å². The summed E-state index contributed by atoms with van der Waals surface area (Å²) >= 11 is 0. The molecule has 1 aromatic carbocycles. The minimum Gasteiger partial charge on any atom is -0.466 e. The van der Waals surface area contributed by atoms with Gasteiger partial charge in [0.25, 0.3) is 0 Å². The summed E-state index contributed by atoms with van der Waals surface area (Å²) < 4.78 is 5.19. The van der Waals surface area contributed by atoms with E-state index in [1.807, 2.05) is 19.9 Å². The van der Waals surface area contributed by atoms with E-state index in [9.17, 15) is 4.79 Å². The summed E-state index contributed by atoms with van der Waals surface area (Å²) in [6.07, 6.45) is 3.52. The van der Waals surface area contributed by atoms with Crippen LogP contribution in [0.15, 0.2) is 30.3 Å². The predicted molar refractivity (Wildman–Crippen MR) is 80.3 cm³/mol. The van der Waals surface area contributed by atoms with Gasteiger partial charge in [-0.1, -0.05) is 43.7 Å². The zero-order chi connectivity index (χ0) is 14.4. The Kier molecular flexibility index (Phi) is 5.60. The molecule has 1 aromatic rings. The molecule has 1 heterocycles. The second kappa shape index (κ2) is 7.44. The summed E-state index contributed by atoms with van der Waals surface area (Å²) in [7, 11) is 0. The summed E-state index contributed by atoms with van der Waals surface area (Å²) in [5.74, 6) is -0.101. The van der Waals surface area contributed by atoms with Crippen molar-refractivity contribution < 1.29 is 9.53 Å². The molecule has 2 rings (SSSR count). The third-order valence-corrected chi connectivity index (χ3v) is 4.13. The third-order valence-electron chi connectivity index (χ3n) is 4.13. The van der Waals surface area contributed by atoms with Crippen molar-refractivity contribution in [2.75, 3.05) is 13.2 Å². The number of benzene rings is 1. The lowest BCUT2D eigenvalue weighted by molar-refractivity contribution is -0.150. The van der Waals surface area contributed by atoms with Gasteiger partial charge in [0, 0.05) is 12.6 Å². The van der Waals surface area contributed by atoms with Gasteiger partial charge >= 0.3 is 5.97 Å². The number of carbonyl (C=O) groups excluding carboxylic acids is 1. The molecule has 0 amide bonds. The highest BCUT2D eigenvalue weighted by molar-refractivity contribution is 5.72. The summed E-state index contributed by atoms with van der Waals surface area (Å²) in [4.78, 5) is 14.4. The normalized spacial score (nSPS) is 21.4. The minimum absolute atomic E-state index is 0.0426. The molecule has 0 bridgehead atoms. The molecule has 3 nitrogen and oxygen atoms in total. The van der Waals surface area contributed by atoms with Gasteiger partial charge in [0.15, 0.2) is 0 Å². The monoisotopic (exact) mass is 275 g/mol. The topological polar surface area (TPSA) is 29.5 Å². The van der Waals surface area contributed by atoms with Crippen LogP contribution in [0.3, 0.4) is 0 Å². The van der Waals surface area contributed by atoms with E-state index in [4.69, 9.17) is 4.74 Å². The van der Waals surface area contributed by atoms with E-state index in [0.29, 0.717) is 12.6 Å². The molecule has 1 saturated heterocycles. The van der Waals surface area contributed by atoms with E-state index in [0.717, 1.165) is 19.5 Å². The summed E-state index contributed by atoms with van der Waals surface area (Å²) in [5.41, 5.74) is 1.32. The molecule has 1 aliphatic rings. The molecule has 2 atom stereocenters. The largest absolute Gasteiger partial charge is 0.466 e. The average molecular weight is 275 g/mol. The van der Waals surface area contributed by atoms with Gasteiger partial charge in [0.1, 0.15) is 0 Å². The van der Waals surface area contributed by atoms with Crippen LogP contribution in [-0.2, 0) is 16.1 Å². The predicted octanol–water partition coefficient (Wildman–Crippen LogP) is 3.24. The molecule has 1 fully saturated rings. The highest BCUT2D eigenvalue weighted by atomic mass is 16.5.